The van der Waals surface area contributed by atoms with Gasteiger partial charge in [0.25, 0.3) is 0 Å². The Hall–Kier alpha value is -0.490. The zero-order chi connectivity index (χ0) is 10.0. The van der Waals surface area contributed by atoms with E-state index in [1.54, 1.807) is 0 Å². The van der Waals surface area contributed by atoms with Gasteiger partial charge in [-0.2, -0.15) is 0 Å². The zero-order valence-corrected chi connectivity index (χ0v) is 9.52. The van der Waals surface area contributed by atoms with Crippen molar-refractivity contribution in [3.63, 3.8) is 0 Å². The Kier molecular flexibility index (Phi) is 3.38. The molecule has 0 N–H and O–H groups in total. The molecule has 1 heteroatoms. The van der Waals surface area contributed by atoms with Gasteiger partial charge in [-0.25, -0.2) is 0 Å². The van der Waals surface area contributed by atoms with Gasteiger partial charge < -0.3 is 0 Å². The van der Waals surface area contributed by atoms with E-state index in [2.05, 4.69) is 39.0 Å². The molecule has 2 unspecified atom stereocenters. The third kappa shape index (κ3) is 2.73. The molecule has 0 nitrogen and oxygen atoms in total. The summed E-state index contributed by atoms with van der Waals surface area (Å²) >= 11 is 6.07. The Morgan fingerprint density at radius 3 is 1.85 bits per heavy atom. The summed E-state index contributed by atoms with van der Waals surface area (Å²) in [6, 6.07) is 6.63. The van der Waals surface area contributed by atoms with Crippen molar-refractivity contribution in [2.45, 2.75) is 39.0 Å². The van der Waals surface area contributed by atoms with E-state index in [0.717, 1.165) is 0 Å². The zero-order valence-electron chi connectivity index (χ0n) is 8.76. The molecule has 0 aliphatic carbocycles. The van der Waals surface area contributed by atoms with E-state index < -0.39 is 0 Å². The molecule has 0 heterocycles. The van der Waals surface area contributed by atoms with E-state index in [-0.39, 0.29) is 5.38 Å². The Labute approximate surface area is 85.9 Å². The normalized spacial score (nSPS) is 15.5. The van der Waals surface area contributed by atoms with Gasteiger partial charge in [0, 0.05) is 5.38 Å². The lowest BCUT2D eigenvalue weighted by Gasteiger charge is -2.15. The number of hydrogen-bond donors (Lipinski definition) is 0. The molecule has 0 aromatic heterocycles. The molecule has 0 fully saturated rings. The second-order valence-electron chi connectivity index (χ2n) is 3.89. The Balaban J connectivity index is 3.01. The van der Waals surface area contributed by atoms with Gasteiger partial charge in [0.15, 0.2) is 0 Å². The maximum absolute atomic E-state index is 6.07. The maximum Gasteiger partial charge on any atom is 0.0373 e. The average molecular weight is 197 g/mol. The van der Waals surface area contributed by atoms with Crippen LogP contribution in [0.5, 0.6) is 0 Å². The van der Waals surface area contributed by atoms with Crippen LogP contribution in [0.1, 0.15) is 36.5 Å². The summed E-state index contributed by atoms with van der Waals surface area (Å²) < 4.78 is 0. The van der Waals surface area contributed by atoms with Crippen LogP contribution in [0.2, 0.25) is 0 Å². The van der Waals surface area contributed by atoms with Crippen molar-refractivity contribution in [2.24, 2.45) is 0 Å². The van der Waals surface area contributed by atoms with Gasteiger partial charge in [0.1, 0.15) is 0 Å². The van der Waals surface area contributed by atoms with Crippen LogP contribution in [0, 0.1) is 13.8 Å². The summed E-state index contributed by atoms with van der Waals surface area (Å²) in [7, 11) is 0. The molecule has 1 aromatic rings. The number of rotatable bonds is 2. The van der Waals surface area contributed by atoms with Gasteiger partial charge in [-0.15, -0.1) is 11.6 Å². The number of benzene rings is 1. The predicted molar refractivity (Wildman–Crippen MR) is 59.6 cm³/mol. The molecule has 2 atom stereocenters. The van der Waals surface area contributed by atoms with E-state index in [0.29, 0.717) is 5.92 Å². The van der Waals surface area contributed by atoms with E-state index in [4.69, 9.17) is 11.6 Å². The summed E-state index contributed by atoms with van der Waals surface area (Å²) in [4.78, 5) is 0. The number of aryl methyl sites for hydroxylation is 2. The highest BCUT2D eigenvalue weighted by Gasteiger charge is 2.11. The minimum atomic E-state index is 0.196. The highest BCUT2D eigenvalue weighted by Crippen LogP contribution is 2.24. The first-order valence-electron chi connectivity index (χ1n) is 4.73. The average Bonchev–Trinajstić information content (AvgIpc) is 2.01. The Morgan fingerprint density at radius 2 is 1.46 bits per heavy atom. The van der Waals surface area contributed by atoms with E-state index in [1.165, 1.54) is 16.7 Å². The monoisotopic (exact) mass is 196 g/mol. The predicted octanol–water partition coefficient (Wildman–Crippen LogP) is 4.03. The van der Waals surface area contributed by atoms with Gasteiger partial charge >= 0.3 is 0 Å². The van der Waals surface area contributed by atoms with Gasteiger partial charge in [-0.3, -0.25) is 0 Å². The van der Waals surface area contributed by atoms with Crippen LogP contribution in [-0.4, -0.2) is 5.38 Å². The minimum absolute atomic E-state index is 0.196. The lowest BCUT2D eigenvalue weighted by Crippen LogP contribution is -2.05. The number of hydrogen-bond acceptors (Lipinski definition) is 0. The van der Waals surface area contributed by atoms with Gasteiger partial charge in [0.2, 0.25) is 0 Å². The van der Waals surface area contributed by atoms with Crippen LogP contribution in [0.15, 0.2) is 18.2 Å². The summed E-state index contributed by atoms with van der Waals surface area (Å²) in [5.74, 6) is 0.431. The van der Waals surface area contributed by atoms with Crippen LogP contribution >= 0.6 is 11.6 Å². The summed E-state index contributed by atoms with van der Waals surface area (Å²) in [6.07, 6.45) is 0. The van der Waals surface area contributed by atoms with Gasteiger partial charge in [-0.05, 0) is 32.3 Å². The molecule has 1 aromatic carbocycles. The first kappa shape index (κ1) is 10.6. The molecular formula is C12H17Cl. The molecule has 1 rings (SSSR count). The highest BCUT2D eigenvalue weighted by molar-refractivity contribution is 6.20. The topological polar surface area (TPSA) is 0 Å². The smallest absolute Gasteiger partial charge is 0.0373 e. The lowest BCUT2D eigenvalue weighted by atomic mass is 9.95. The molecule has 0 saturated carbocycles. The van der Waals surface area contributed by atoms with Crippen molar-refractivity contribution in [3.05, 3.63) is 34.9 Å². The van der Waals surface area contributed by atoms with Crippen molar-refractivity contribution < 1.29 is 0 Å². The number of halogens is 1. The summed E-state index contributed by atoms with van der Waals surface area (Å²) in [6.45, 7) is 8.47. The molecule has 0 amide bonds. The quantitative estimate of drug-likeness (QED) is 0.627. The molecule has 13 heavy (non-hydrogen) atoms. The largest absolute Gasteiger partial charge is 0.123 e. The first-order valence-corrected chi connectivity index (χ1v) is 5.16. The van der Waals surface area contributed by atoms with Gasteiger partial charge in [-0.1, -0.05) is 36.2 Å². The molecular weight excluding hydrogens is 180 g/mol. The third-order valence-electron chi connectivity index (χ3n) is 2.46. The lowest BCUT2D eigenvalue weighted by molar-refractivity contribution is 0.741. The van der Waals surface area contributed by atoms with Crippen LogP contribution < -0.4 is 0 Å². The van der Waals surface area contributed by atoms with E-state index in [1.807, 2.05) is 6.92 Å². The van der Waals surface area contributed by atoms with Crippen LogP contribution in [0.4, 0.5) is 0 Å². The van der Waals surface area contributed by atoms with Crippen molar-refractivity contribution in [2.75, 3.05) is 0 Å². The molecule has 0 aliphatic rings. The molecule has 0 radical (unpaired) electrons. The fourth-order valence-electron chi connectivity index (χ4n) is 1.54. The minimum Gasteiger partial charge on any atom is -0.123 e. The summed E-state index contributed by atoms with van der Waals surface area (Å²) in [5.41, 5.74) is 3.98. The SMILES string of the molecule is Cc1cc(C)cc(C(C)C(C)Cl)c1. The van der Waals surface area contributed by atoms with Crippen molar-refractivity contribution in [3.8, 4) is 0 Å². The number of alkyl halides is 1. The third-order valence-corrected chi connectivity index (χ3v) is 2.84. The Morgan fingerprint density at radius 1 is 1.00 bits per heavy atom. The van der Waals surface area contributed by atoms with Crippen LogP contribution in [0.3, 0.4) is 0 Å². The fourth-order valence-corrected chi connectivity index (χ4v) is 1.68. The van der Waals surface area contributed by atoms with Crippen molar-refractivity contribution in [1.29, 1.82) is 0 Å². The van der Waals surface area contributed by atoms with E-state index in [9.17, 15) is 0 Å². The molecule has 0 bridgehead atoms. The van der Waals surface area contributed by atoms with Crippen molar-refractivity contribution >= 4 is 11.6 Å². The molecule has 72 valence electrons. The highest BCUT2D eigenvalue weighted by atomic mass is 35.5. The van der Waals surface area contributed by atoms with Crippen LogP contribution in [-0.2, 0) is 0 Å². The Bertz CT molecular complexity index is 269. The maximum atomic E-state index is 6.07. The fraction of sp³-hybridized carbons (Fsp3) is 0.500. The second-order valence-corrected chi connectivity index (χ2v) is 4.58. The molecule has 0 aliphatic heterocycles. The molecule has 0 saturated heterocycles. The summed E-state index contributed by atoms with van der Waals surface area (Å²) in [5, 5.41) is 0.196. The van der Waals surface area contributed by atoms with Gasteiger partial charge in [0.05, 0.1) is 0 Å². The standard InChI is InChI=1S/C12H17Cl/c1-8-5-9(2)7-12(6-8)10(3)11(4)13/h5-7,10-11H,1-4H3. The second kappa shape index (κ2) is 4.15. The van der Waals surface area contributed by atoms with Crippen molar-refractivity contribution in [1.82, 2.24) is 0 Å². The van der Waals surface area contributed by atoms with Crippen LogP contribution in [0.25, 0.3) is 0 Å². The molecule has 0 spiro atoms. The first-order chi connectivity index (χ1) is 6.00. The van der Waals surface area contributed by atoms with E-state index >= 15 is 0 Å².